The maximum atomic E-state index is 12.6. The second-order valence-corrected chi connectivity index (χ2v) is 4.03. The highest BCUT2D eigenvalue weighted by molar-refractivity contribution is 5.80. The lowest BCUT2D eigenvalue weighted by atomic mass is 10.1. The molecular weight excluding hydrogens is 199 g/mol. The van der Waals surface area contributed by atoms with E-state index in [4.69, 9.17) is 5.11 Å². The van der Waals surface area contributed by atoms with E-state index in [1.165, 1.54) is 16.8 Å². The highest BCUT2D eigenvalue weighted by atomic mass is 19.1. The summed E-state index contributed by atoms with van der Waals surface area (Å²) in [5.41, 5.74) is -0.513. The molecule has 0 aliphatic heterocycles. The second-order valence-electron chi connectivity index (χ2n) is 4.03. The molecular formula is C10H15FN2O2. The Hall–Kier alpha value is -1.20. The first-order valence-electron chi connectivity index (χ1n) is 4.67. The summed E-state index contributed by atoms with van der Waals surface area (Å²) in [7, 11) is 0. The van der Waals surface area contributed by atoms with Gasteiger partial charge in [0.1, 0.15) is 5.82 Å². The van der Waals surface area contributed by atoms with Crippen molar-refractivity contribution in [2.75, 3.05) is 13.2 Å². The van der Waals surface area contributed by atoms with Gasteiger partial charge in [0.25, 0.3) is 0 Å². The molecule has 0 aliphatic carbocycles. The van der Waals surface area contributed by atoms with Crippen LogP contribution in [0, 0.1) is 5.82 Å². The Balaban J connectivity index is 2.50. The fourth-order valence-electron chi connectivity index (χ4n) is 0.988. The van der Waals surface area contributed by atoms with E-state index in [1.807, 2.05) is 0 Å². The lowest BCUT2D eigenvalue weighted by Crippen LogP contribution is -2.45. The number of halogens is 1. The molecule has 1 heterocycles. The van der Waals surface area contributed by atoms with Crippen molar-refractivity contribution < 1.29 is 14.3 Å². The normalized spacial score (nSPS) is 11.7. The van der Waals surface area contributed by atoms with Crippen LogP contribution < -0.4 is 5.32 Å². The number of nitrogens with one attached hydrogen (secondary N) is 1. The van der Waals surface area contributed by atoms with Gasteiger partial charge in [0.2, 0.25) is 5.91 Å². The minimum Gasteiger partial charge on any atom is -0.394 e. The standard InChI is InChI=1S/C10H15FN2O2/c1-10(2,7-14)12-5-9(15)13-4-3-8(11)6-13/h3-4,6,12,14H,5,7H2,1-2H3. The van der Waals surface area contributed by atoms with Gasteiger partial charge in [-0.3, -0.25) is 9.36 Å². The van der Waals surface area contributed by atoms with Gasteiger partial charge in [0.05, 0.1) is 13.2 Å². The number of aliphatic hydroxyl groups excluding tert-OH is 1. The SMILES string of the molecule is CC(C)(CO)NCC(=O)n1ccc(F)c1. The van der Waals surface area contributed by atoms with Crippen molar-refractivity contribution in [1.82, 2.24) is 9.88 Å². The van der Waals surface area contributed by atoms with Crippen LogP contribution in [0.2, 0.25) is 0 Å². The first kappa shape index (κ1) is 11.9. The third kappa shape index (κ3) is 3.45. The van der Waals surface area contributed by atoms with Crippen molar-refractivity contribution in [2.24, 2.45) is 0 Å². The lowest BCUT2D eigenvalue weighted by molar-refractivity contribution is 0.0888. The predicted molar refractivity (Wildman–Crippen MR) is 54.2 cm³/mol. The van der Waals surface area contributed by atoms with Crippen LogP contribution in [0.15, 0.2) is 18.5 Å². The van der Waals surface area contributed by atoms with Crippen LogP contribution in [0.25, 0.3) is 0 Å². The molecule has 1 rings (SSSR count). The Morgan fingerprint density at radius 3 is 2.80 bits per heavy atom. The van der Waals surface area contributed by atoms with Gasteiger partial charge in [-0.15, -0.1) is 0 Å². The van der Waals surface area contributed by atoms with E-state index in [0.717, 1.165) is 6.20 Å². The number of nitrogens with zero attached hydrogens (tertiary/aromatic N) is 1. The monoisotopic (exact) mass is 214 g/mol. The van der Waals surface area contributed by atoms with E-state index < -0.39 is 11.4 Å². The topological polar surface area (TPSA) is 54.3 Å². The molecule has 5 heteroatoms. The summed E-state index contributed by atoms with van der Waals surface area (Å²) in [4.78, 5) is 11.5. The highest BCUT2D eigenvalue weighted by Gasteiger charge is 2.17. The minimum absolute atomic E-state index is 0.0572. The van der Waals surface area contributed by atoms with Crippen molar-refractivity contribution in [3.8, 4) is 0 Å². The minimum atomic E-state index is -0.513. The average Bonchev–Trinajstić information content (AvgIpc) is 2.61. The largest absolute Gasteiger partial charge is 0.394 e. The van der Waals surface area contributed by atoms with Crippen LogP contribution in [0.3, 0.4) is 0 Å². The van der Waals surface area contributed by atoms with Crippen LogP contribution in [0.5, 0.6) is 0 Å². The lowest BCUT2D eigenvalue weighted by Gasteiger charge is -2.22. The van der Waals surface area contributed by atoms with Crippen molar-refractivity contribution in [1.29, 1.82) is 0 Å². The van der Waals surface area contributed by atoms with Crippen molar-refractivity contribution in [3.63, 3.8) is 0 Å². The quantitative estimate of drug-likeness (QED) is 0.772. The fourth-order valence-corrected chi connectivity index (χ4v) is 0.988. The molecule has 0 saturated carbocycles. The van der Waals surface area contributed by atoms with E-state index in [-0.39, 0.29) is 19.1 Å². The highest BCUT2D eigenvalue weighted by Crippen LogP contribution is 2.01. The molecule has 0 spiro atoms. The molecule has 0 unspecified atom stereocenters. The van der Waals surface area contributed by atoms with Crippen LogP contribution in [0.4, 0.5) is 4.39 Å². The molecule has 84 valence electrons. The summed E-state index contributed by atoms with van der Waals surface area (Å²) in [5, 5.41) is 11.8. The number of aromatic nitrogens is 1. The van der Waals surface area contributed by atoms with Crippen LogP contribution in [-0.4, -0.2) is 34.3 Å². The molecule has 1 aromatic rings. The van der Waals surface area contributed by atoms with Crippen molar-refractivity contribution >= 4 is 5.91 Å². The molecule has 0 bridgehead atoms. The van der Waals surface area contributed by atoms with Gasteiger partial charge in [-0.1, -0.05) is 0 Å². The molecule has 2 N–H and O–H groups in total. The Morgan fingerprint density at radius 1 is 1.67 bits per heavy atom. The first-order valence-corrected chi connectivity index (χ1v) is 4.67. The van der Waals surface area contributed by atoms with Crippen LogP contribution >= 0.6 is 0 Å². The molecule has 1 aromatic heterocycles. The maximum Gasteiger partial charge on any atom is 0.244 e. The molecule has 15 heavy (non-hydrogen) atoms. The van der Waals surface area contributed by atoms with E-state index >= 15 is 0 Å². The summed E-state index contributed by atoms with van der Waals surface area (Å²) in [5.74, 6) is -0.704. The second kappa shape index (κ2) is 4.55. The van der Waals surface area contributed by atoms with E-state index in [9.17, 15) is 9.18 Å². The van der Waals surface area contributed by atoms with Crippen molar-refractivity contribution in [3.05, 3.63) is 24.3 Å². The molecule has 0 aliphatic rings. The summed E-state index contributed by atoms with van der Waals surface area (Å²) >= 11 is 0. The van der Waals surface area contributed by atoms with E-state index in [1.54, 1.807) is 13.8 Å². The zero-order valence-corrected chi connectivity index (χ0v) is 8.83. The Labute approximate surface area is 87.7 Å². The molecule has 0 aromatic carbocycles. The Bertz CT molecular complexity index is 347. The molecule has 0 radical (unpaired) electrons. The predicted octanol–water partition coefficient (Wildman–Crippen LogP) is 0.628. The van der Waals surface area contributed by atoms with Gasteiger partial charge >= 0.3 is 0 Å². The number of hydrogen-bond donors (Lipinski definition) is 2. The summed E-state index contributed by atoms with van der Waals surface area (Å²) in [6.45, 7) is 3.54. The molecule has 0 fully saturated rings. The van der Waals surface area contributed by atoms with Gasteiger partial charge in [-0.2, -0.15) is 0 Å². The third-order valence-electron chi connectivity index (χ3n) is 2.06. The Morgan fingerprint density at radius 2 is 2.33 bits per heavy atom. The van der Waals surface area contributed by atoms with Gasteiger partial charge in [-0.05, 0) is 19.9 Å². The number of hydrogen-bond acceptors (Lipinski definition) is 3. The number of aliphatic hydroxyl groups is 1. The number of carbonyl (C=O) groups excluding carboxylic acids is 1. The van der Waals surface area contributed by atoms with E-state index in [0.29, 0.717) is 0 Å². The van der Waals surface area contributed by atoms with Gasteiger partial charge in [-0.25, -0.2) is 4.39 Å². The molecule has 0 atom stereocenters. The van der Waals surface area contributed by atoms with Gasteiger partial charge in [0.15, 0.2) is 0 Å². The average molecular weight is 214 g/mol. The zero-order valence-electron chi connectivity index (χ0n) is 8.83. The maximum absolute atomic E-state index is 12.6. The molecule has 0 amide bonds. The summed E-state index contributed by atoms with van der Waals surface area (Å²) in [6, 6.07) is 1.22. The fraction of sp³-hybridized carbons (Fsp3) is 0.500. The summed E-state index contributed by atoms with van der Waals surface area (Å²) < 4.78 is 13.8. The Kier molecular flexibility index (Phi) is 3.60. The van der Waals surface area contributed by atoms with Crippen molar-refractivity contribution in [2.45, 2.75) is 19.4 Å². The number of rotatable bonds is 4. The molecule has 4 nitrogen and oxygen atoms in total. The zero-order chi connectivity index (χ0) is 11.5. The smallest absolute Gasteiger partial charge is 0.244 e. The number of carbonyl (C=O) groups is 1. The van der Waals surface area contributed by atoms with Crippen LogP contribution in [0.1, 0.15) is 18.6 Å². The first-order chi connectivity index (χ1) is 6.94. The molecule has 0 saturated heterocycles. The van der Waals surface area contributed by atoms with Crippen LogP contribution in [-0.2, 0) is 0 Å². The van der Waals surface area contributed by atoms with Gasteiger partial charge < -0.3 is 10.4 Å². The summed E-state index contributed by atoms with van der Waals surface area (Å²) in [6.07, 6.45) is 2.49. The van der Waals surface area contributed by atoms with Gasteiger partial charge in [0, 0.05) is 17.9 Å². The van der Waals surface area contributed by atoms with E-state index in [2.05, 4.69) is 5.32 Å². The third-order valence-corrected chi connectivity index (χ3v) is 2.06.